The number of aryl methyl sites for hydroxylation is 2. The Morgan fingerprint density at radius 1 is 1.02 bits per heavy atom. The summed E-state index contributed by atoms with van der Waals surface area (Å²) >= 11 is 0. The smallest absolute Gasteiger partial charge is 0.232 e. The zero-order valence-corrected chi connectivity index (χ0v) is 31.1. The molecule has 2 aromatic heterocycles. The Hall–Kier alpha value is -3.00. The van der Waals surface area contributed by atoms with Gasteiger partial charge in [-0.1, -0.05) is 58.3 Å². The average molecular weight is 667 g/mol. The van der Waals surface area contributed by atoms with E-state index in [-0.39, 0.29) is 18.8 Å². The third kappa shape index (κ3) is 7.43. The van der Waals surface area contributed by atoms with Gasteiger partial charge >= 0.3 is 0 Å². The van der Waals surface area contributed by atoms with E-state index in [9.17, 15) is 0 Å². The maximum absolute atomic E-state index is 17.3. The fourth-order valence-electron chi connectivity index (χ4n) is 6.01. The highest BCUT2D eigenvalue weighted by Gasteiger charge is 2.33. The van der Waals surface area contributed by atoms with Crippen LogP contribution in [0.4, 0.5) is 4.39 Å². The summed E-state index contributed by atoms with van der Waals surface area (Å²) in [5.74, 6) is 1.61. The van der Waals surface area contributed by atoms with Crippen LogP contribution < -0.4 is 14.7 Å². The topological polar surface area (TPSA) is 72.6 Å². The lowest BCUT2D eigenvalue weighted by Gasteiger charge is -2.25. The van der Waals surface area contributed by atoms with Crippen molar-refractivity contribution >= 4 is 32.2 Å². The van der Waals surface area contributed by atoms with Crippen LogP contribution in [0.5, 0.6) is 11.6 Å². The van der Waals surface area contributed by atoms with Crippen LogP contribution in [-0.4, -0.2) is 62.1 Å². The van der Waals surface area contributed by atoms with Gasteiger partial charge in [-0.15, -0.1) is 0 Å². The normalized spacial score (nSPS) is 15.9. The van der Waals surface area contributed by atoms with Crippen molar-refractivity contribution < 1.29 is 23.3 Å². The van der Waals surface area contributed by atoms with Crippen molar-refractivity contribution in [3.8, 4) is 34.3 Å². The Bertz CT molecular complexity index is 1670. The summed E-state index contributed by atoms with van der Waals surface area (Å²) in [7, 11) is -1.29. The van der Waals surface area contributed by atoms with Crippen molar-refractivity contribution in [1.29, 1.82) is 0 Å². The van der Waals surface area contributed by atoms with Gasteiger partial charge in [0, 0.05) is 39.3 Å². The summed E-state index contributed by atoms with van der Waals surface area (Å²) in [4.78, 5) is 4.79. The molecule has 0 spiro atoms. The van der Waals surface area contributed by atoms with Crippen LogP contribution in [0.15, 0.2) is 30.5 Å². The van der Waals surface area contributed by atoms with E-state index >= 15 is 4.39 Å². The van der Waals surface area contributed by atoms with E-state index in [1.165, 1.54) is 0 Å². The van der Waals surface area contributed by atoms with E-state index in [0.717, 1.165) is 59.2 Å². The van der Waals surface area contributed by atoms with Crippen LogP contribution in [0, 0.1) is 5.82 Å². The van der Waals surface area contributed by atoms with Crippen LogP contribution in [-0.2, 0) is 22.9 Å². The second-order valence-electron chi connectivity index (χ2n) is 14.5. The van der Waals surface area contributed by atoms with Crippen molar-refractivity contribution in [3.05, 3.63) is 41.8 Å². The largest absolute Gasteiger partial charge is 0.477 e. The molecule has 11 heteroatoms. The predicted octanol–water partition coefficient (Wildman–Crippen LogP) is 8.14. The Labute approximate surface area is 275 Å². The predicted molar refractivity (Wildman–Crippen MR) is 189 cm³/mol. The SMILES string of the molecule is CCOc1cn(C)c(-c2nn(C3CCCCO3)c3c(F)c(-c4ccc(OCOCC[Si](C)(C)C)cc4CC)cc([Si](C)(C)C)c23)n1. The van der Waals surface area contributed by atoms with Crippen molar-refractivity contribution in [2.45, 2.75) is 91.1 Å². The maximum atomic E-state index is 17.3. The van der Waals surface area contributed by atoms with Crippen molar-refractivity contribution in [1.82, 2.24) is 19.3 Å². The van der Waals surface area contributed by atoms with E-state index < -0.39 is 16.1 Å². The van der Waals surface area contributed by atoms with Crippen molar-refractivity contribution in [3.63, 3.8) is 0 Å². The summed E-state index contributed by atoms with van der Waals surface area (Å²) in [6, 6.07) is 9.09. The van der Waals surface area contributed by atoms with Gasteiger partial charge in [-0.3, -0.25) is 0 Å². The molecular formula is C35H51FN4O4Si2. The number of ether oxygens (including phenoxy) is 4. The molecule has 1 unspecified atom stereocenters. The number of benzene rings is 2. The Balaban J connectivity index is 1.65. The lowest BCUT2D eigenvalue weighted by Crippen LogP contribution is -2.38. The molecule has 0 aliphatic carbocycles. The van der Waals surface area contributed by atoms with Crippen molar-refractivity contribution in [2.24, 2.45) is 7.05 Å². The van der Waals surface area contributed by atoms with Crippen LogP contribution in [0.1, 0.15) is 44.9 Å². The lowest BCUT2D eigenvalue weighted by atomic mass is 9.96. The molecule has 1 fully saturated rings. The van der Waals surface area contributed by atoms with E-state index in [1.54, 1.807) is 4.68 Å². The molecular weight excluding hydrogens is 616 g/mol. The minimum atomic E-state index is -2.06. The maximum Gasteiger partial charge on any atom is 0.232 e. The van der Waals surface area contributed by atoms with Gasteiger partial charge in [-0.2, -0.15) is 10.1 Å². The monoisotopic (exact) mass is 666 g/mol. The molecule has 8 nitrogen and oxygen atoms in total. The molecule has 1 aliphatic heterocycles. The van der Waals surface area contributed by atoms with Gasteiger partial charge in [-0.25, -0.2) is 9.07 Å². The second-order valence-corrected chi connectivity index (χ2v) is 25.1. The van der Waals surface area contributed by atoms with Crippen molar-refractivity contribution in [2.75, 3.05) is 26.6 Å². The van der Waals surface area contributed by atoms with E-state index in [2.05, 4.69) is 52.3 Å². The quantitative estimate of drug-likeness (QED) is 0.0815. The molecule has 5 rings (SSSR count). The highest BCUT2D eigenvalue weighted by molar-refractivity contribution is 6.90. The molecule has 2 aromatic carbocycles. The fourth-order valence-corrected chi connectivity index (χ4v) is 8.34. The second kappa shape index (κ2) is 14.0. The Morgan fingerprint density at radius 2 is 1.80 bits per heavy atom. The number of halogens is 1. The van der Waals surface area contributed by atoms with Crippen LogP contribution in [0.3, 0.4) is 0 Å². The summed E-state index contributed by atoms with van der Waals surface area (Å²) < 4.78 is 44.7. The molecule has 4 aromatic rings. The van der Waals surface area contributed by atoms with Gasteiger partial charge in [0.25, 0.3) is 0 Å². The fraction of sp³-hybridized carbons (Fsp3) is 0.543. The molecule has 0 radical (unpaired) electrons. The third-order valence-corrected chi connectivity index (χ3v) is 12.3. The summed E-state index contributed by atoms with van der Waals surface area (Å²) in [5.41, 5.74) is 3.61. The van der Waals surface area contributed by atoms with E-state index in [1.807, 2.05) is 42.9 Å². The van der Waals surface area contributed by atoms with Gasteiger partial charge in [0.05, 0.1) is 20.9 Å². The molecule has 250 valence electrons. The number of hydrogen-bond acceptors (Lipinski definition) is 6. The van der Waals surface area contributed by atoms with Gasteiger partial charge in [-0.05, 0) is 67.1 Å². The Morgan fingerprint density at radius 3 is 2.46 bits per heavy atom. The highest BCUT2D eigenvalue weighted by atomic mass is 28.3. The molecule has 1 saturated heterocycles. The summed E-state index contributed by atoms with van der Waals surface area (Å²) in [6.07, 6.45) is 5.01. The molecule has 0 bridgehead atoms. The zero-order chi connectivity index (χ0) is 33.2. The minimum Gasteiger partial charge on any atom is -0.477 e. The number of nitrogens with zero attached hydrogens (tertiary/aromatic N) is 4. The van der Waals surface area contributed by atoms with Gasteiger partial charge in [0.2, 0.25) is 5.88 Å². The number of rotatable bonds is 13. The van der Waals surface area contributed by atoms with E-state index in [4.69, 9.17) is 29.0 Å². The van der Waals surface area contributed by atoms with E-state index in [0.29, 0.717) is 48.3 Å². The third-order valence-electron chi connectivity index (χ3n) is 8.56. The first-order chi connectivity index (χ1) is 21.8. The summed E-state index contributed by atoms with van der Waals surface area (Å²) in [5, 5.41) is 7.07. The number of hydrogen-bond donors (Lipinski definition) is 0. The van der Waals surface area contributed by atoms with Crippen LogP contribution >= 0.6 is 0 Å². The Kier molecular flexibility index (Phi) is 10.5. The van der Waals surface area contributed by atoms with Gasteiger partial charge < -0.3 is 23.5 Å². The zero-order valence-electron chi connectivity index (χ0n) is 29.1. The van der Waals surface area contributed by atoms with Crippen LogP contribution in [0.2, 0.25) is 45.3 Å². The first-order valence-electron chi connectivity index (χ1n) is 16.7. The van der Waals surface area contributed by atoms with Crippen LogP contribution in [0.25, 0.3) is 33.5 Å². The minimum absolute atomic E-state index is 0.203. The van der Waals surface area contributed by atoms with Gasteiger partial charge in [0.1, 0.15) is 17.0 Å². The lowest BCUT2D eigenvalue weighted by molar-refractivity contribution is -0.0368. The number of imidazole rings is 1. The molecule has 0 amide bonds. The standard InChI is InChI=1S/C35H51FN4O4Si2/c1-10-24-20-25(44-23-41-18-19-45(4,5)6)15-16-26(24)27-21-28(46(7,8)9)31-33(35-37-29(42-11-2)22-39(35)3)38-40(34(31)32(27)36)30-14-12-13-17-43-30/h15-16,20-22,30H,10-14,17-19,23H2,1-9H3. The number of fused-ring (bicyclic) bond motifs is 1. The average Bonchev–Trinajstić information content (AvgIpc) is 3.57. The molecule has 46 heavy (non-hydrogen) atoms. The molecule has 0 saturated carbocycles. The highest BCUT2D eigenvalue weighted by Crippen LogP contribution is 2.39. The molecule has 1 aliphatic rings. The molecule has 3 heterocycles. The number of aromatic nitrogens is 4. The first kappa shape index (κ1) is 34.3. The summed E-state index contributed by atoms with van der Waals surface area (Å²) in [6.45, 7) is 20.0. The molecule has 1 atom stereocenters. The molecule has 0 N–H and O–H groups in total. The van der Waals surface area contributed by atoms with Gasteiger partial charge in [0.15, 0.2) is 24.7 Å². The first-order valence-corrected chi connectivity index (χ1v) is 23.9.